The molecule has 166 valence electrons. The van der Waals surface area contributed by atoms with E-state index in [9.17, 15) is 15.0 Å². The van der Waals surface area contributed by atoms with Gasteiger partial charge in [-0.25, -0.2) is 9.59 Å². The smallest absolute Gasteiger partial charge is 0.342 e. The van der Waals surface area contributed by atoms with Crippen LogP contribution in [0, 0.1) is 5.41 Å². The predicted molar refractivity (Wildman–Crippen MR) is 114 cm³/mol. The van der Waals surface area contributed by atoms with Crippen molar-refractivity contribution in [3.63, 3.8) is 0 Å². The normalized spacial score (nSPS) is 16.2. The van der Waals surface area contributed by atoms with Crippen LogP contribution in [0.3, 0.4) is 0 Å². The minimum atomic E-state index is -1.19. The summed E-state index contributed by atoms with van der Waals surface area (Å²) in [6.45, 7) is 3.70. The molecular formula is C22H31NO7. The second-order valence-corrected chi connectivity index (χ2v) is 6.34. The molecule has 8 heteroatoms. The van der Waals surface area contributed by atoms with Crippen molar-refractivity contribution in [3.8, 4) is 11.5 Å². The van der Waals surface area contributed by atoms with Crippen LogP contribution in [0.4, 0.5) is 0 Å². The van der Waals surface area contributed by atoms with Crippen LogP contribution in [0.15, 0.2) is 36.4 Å². The van der Waals surface area contributed by atoms with Gasteiger partial charge in [0, 0.05) is 18.2 Å². The number of carbonyl (C=O) groups is 2. The monoisotopic (exact) mass is 421 g/mol. The summed E-state index contributed by atoms with van der Waals surface area (Å²) in [5, 5.41) is 42.5. The number of hydrogen-bond donors (Lipinski definition) is 5. The summed E-state index contributed by atoms with van der Waals surface area (Å²) >= 11 is 0. The van der Waals surface area contributed by atoms with Crippen LogP contribution in [0.5, 0.6) is 11.5 Å². The van der Waals surface area contributed by atoms with Gasteiger partial charge in [-0.05, 0) is 37.0 Å². The summed E-state index contributed by atoms with van der Waals surface area (Å²) in [4.78, 5) is 21.3. The van der Waals surface area contributed by atoms with Crippen LogP contribution in [-0.4, -0.2) is 51.3 Å². The maximum atomic E-state index is 12.1. The number of benzene rings is 1. The number of phenolic OH excluding ortho intramolecular Hbond substituents is 2. The van der Waals surface area contributed by atoms with Crippen molar-refractivity contribution in [3.05, 3.63) is 47.6 Å². The molecule has 0 radical (unpaired) electrons. The fraction of sp³-hybridized carbons (Fsp3) is 0.409. The number of cyclic esters (lactones) is 1. The van der Waals surface area contributed by atoms with Crippen LogP contribution < -0.4 is 0 Å². The van der Waals surface area contributed by atoms with E-state index in [0.29, 0.717) is 17.7 Å². The fourth-order valence-corrected chi connectivity index (χ4v) is 2.25. The Hall–Kier alpha value is -3.13. The van der Waals surface area contributed by atoms with Gasteiger partial charge in [0.15, 0.2) is 0 Å². The van der Waals surface area contributed by atoms with Crippen molar-refractivity contribution in [1.29, 1.82) is 5.41 Å². The summed E-state index contributed by atoms with van der Waals surface area (Å²) in [6.07, 6.45) is 11.2. The Morgan fingerprint density at radius 1 is 1.10 bits per heavy atom. The molecule has 0 fully saturated rings. The van der Waals surface area contributed by atoms with Crippen LogP contribution in [0.25, 0.3) is 0 Å². The number of phenols is 2. The number of aliphatic carboxylic acids is 1. The summed E-state index contributed by atoms with van der Waals surface area (Å²) in [5.74, 6) is -2.32. The molecule has 0 saturated heterocycles. The van der Waals surface area contributed by atoms with Gasteiger partial charge in [-0.3, -0.25) is 0 Å². The molecular weight excluding hydrogens is 390 g/mol. The number of hydrogen-bond acceptors (Lipinski definition) is 7. The first-order valence-electron chi connectivity index (χ1n) is 9.70. The molecule has 1 aromatic carbocycles. The van der Waals surface area contributed by atoms with Gasteiger partial charge in [-0.2, -0.15) is 0 Å². The van der Waals surface area contributed by atoms with E-state index in [4.69, 9.17) is 25.2 Å². The second-order valence-electron chi connectivity index (χ2n) is 6.34. The third kappa shape index (κ3) is 11.7. The quantitative estimate of drug-likeness (QED) is 0.344. The van der Waals surface area contributed by atoms with Crippen LogP contribution in [0.1, 0.15) is 55.5 Å². The standard InChI is InChI=1S/C17H19NO4.C3H8.C2H4O3/c18-13-7-5-3-1-2-4-6-8-22-17(21)16-12(9-13)10-14(19)11-15(16)20;1-3-2;3-1-2(4)5/h2,4-5,7,10-11,18-20H,1,3,6,8-9H2;3H2,1-2H3;3H,1H2,(H,4,5)/b4-2+,7-5+,18-13?;;. The van der Waals surface area contributed by atoms with E-state index in [-0.39, 0.29) is 30.1 Å². The number of rotatable bonds is 1. The van der Waals surface area contributed by atoms with E-state index in [0.717, 1.165) is 18.9 Å². The fourth-order valence-electron chi connectivity index (χ4n) is 2.25. The van der Waals surface area contributed by atoms with E-state index in [1.165, 1.54) is 12.5 Å². The van der Waals surface area contributed by atoms with Gasteiger partial charge in [-0.1, -0.05) is 38.5 Å². The zero-order valence-corrected chi connectivity index (χ0v) is 17.4. The first kappa shape index (κ1) is 26.9. The minimum Gasteiger partial charge on any atom is -0.508 e. The van der Waals surface area contributed by atoms with E-state index >= 15 is 0 Å². The minimum absolute atomic E-state index is 0.0111. The molecule has 1 aliphatic rings. The maximum absolute atomic E-state index is 12.1. The van der Waals surface area contributed by atoms with Crippen molar-refractivity contribution < 1.29 is 34.8 Å². The van der Waals surface area contributed by atoms with Gasteiger partial charge < -0.3 is 30.6 Å². The van der Waals surface area contributed by atoms with Crippen LogP contribution >= 0.6 is 0 Å². The number of allylic oxidation sites excluding steroid dienone is 3. The highest BCUT2D eigenvalue weighted by Crippen LogP contribution is 2.28. The van der Waals surface area contributed by atoms with Gasteiger partial charge in [0.05, 0.1) is 6.61 Å². The number of esters is 1. The number of nitrogens with one attached hydrogen (secondary N) is 1. The highest BCUT2D eigenvalue weighted by molar-refractivity contribution is 5.99. The Bertz CT molecular complexity index is 754. The topological polar surface area (TPSA) is 148 Å². The molecule has 0 aromatic heterocycles. The molecule has 1 aromatic rings. The predicted octanol–water partition coefficient (Wildman–Crippen LogP) is 3.59. The summed E-state index contributed by atoms with van der Waals surface area (Å²) in [6, 6.07) is 2.48. The Balaban J connectivity index is 0.000000902. The average molecular weight is 421 g/mol. The number of carboxylic acid groups (broad SMARTS) is 1. The number of aliphatic hydroxyl groups is 1. The molecule has 0 amide bonds. The van der Waals surface area contributed by atoms with Gasteiger partial charge in [0.2, 0.25) is 0 Å². The molecule has 1 aliphatic heterocycles. The zero-order chi connectivity index (χ0) is 22.9. The largest absolute Gasteiger partial charge is 0.508 e. The lowest BCUT2D eigenvalue weighted by Crippen LogP contribution is -2.11. The Morgan fingerprint density at radius 3 is 2.27 bits per heavy atom. The molecule has 1 heterocycles. The molecule has 0 saturated carbocycles. The van der Waals surface area contributed by atoms with Crippen molar-refractivity contribution >= 4 is 17.7 Å². The zero-order valence-electron chi connectivity index (χ0n) is 17.4. The molecule has 8 nitrogen and oxygen atoms in total. The van der Waals surface area contributed by atoms with Crippen molar-refractivity contribution in [1.82, 2.24) is 0 Å². The Morgan fingerprint density at radius 2 is 1.67 bits per heavy atom. The molecule has 30 heavy (non-hydrogen) atoms. The van der Waals surface area contributed by atoms with Gasteiger partial charge in [0.1, 0.15) is 23.7 Å². The third-order valence-electron chi connectivity index (χ3n) is 3.41. The third-order valence-corrected chi connectivity index (χ3v) is 3.41. The van der Waals surface area contributed by atoms with E-state index in [1.54, 1.807) is 6.08 Å². The first-order chi connectivity index (χ1) is 14.3. The lowest BCUT2D eigenvalue weighted by molar-refractivity contribution is -0.140. The Kier molecular flexibility index (Phi) is 14.1. The highest BCUT2D eigenvalue weighted by Gasteiger charge is 2.19. The van der Waals surface area contributed by atoms with Gasteiger partial charge in [0.25, 0.3) is 0 Å². The summed E-state index contributed by atoms with van der Waals surface area (Å²) in [5.41, 5.74) is 0.682. The summed E-state index contributed by atoms with van der Waals surface area (Å²) in [7, 11) is 0. The first-order valence-corrected chi connectivity index (χ1v) is 9.70. The highest BCUT2D eigenvalue weighted by atomic mass is 16.5. The van der Waals surface area contributed by atoms with E-state index < -0.39 is 18.5 Å². The van der Waals surface area contributed by atoms with Crippen molar-refractivity contribution in [2.45, 2.75) is 46.0 Å². The van der Waals surface area contributed by atoms with Crippen LogP contribution in [-0.2, 0) is 16.0 Å². The van der Waals surface area contributed by atoms with Crippen molar-refractivity contribution in [2.75, 3.05) is 13.2 Å². The lowest BCUT2D eigenvalue weighted by Gasteiger charge is -2.12. The van der Waals surface area contributed by atoms with Crippen molar-refractivity contribution in [2.24, 2.45) is 0 Å². The van der Waals surface area contributed by atoms with E-state index in [1.807, 2.05) is 18.2 Å². The molecule has 0 spiro atoms. The number of ether oxygens (including phenoxy) is 1. The molecule has 2 rings (SSSR count). The number of aliphatic hydroxyl groups excluding tert-OH is 1. The average Bonchev–Trinajstić information content (AvgIpc) is 2.66. The lowest BCUT2D eigenvalue weighted by atomic mass is 10.00. The molecule has 0 unspecified atom stereocenters. The van der Waals surface area contributed by atoms with Crippen LogP contribution in [0.2, 0.25) is 0 Å². The SMILES string of the molecule is CCC.N=C1/C=C/CC/C=C/CCOC(=O)c2c(O)cc(O)cc2C1.O=C(O)CO. The Labute approximate surface area is 176 Å². The molecule has 0 bridgehead atoms. The summed E-state index contributed by atoms with van der Waals surface area (Å²) < 4.78 is 5.15. The van der Waals surface area contributed by atoms with Gasteiger partial charge >= 0.3 is 11.9 Å². The maximum Gasteiger partial charge on any atom is 0.342 e. The molecule has 5 N–H and O–H groups in total. The molecule has 0 aliphatic carbocycles. The number of carbonyl (C=O) groups excluding carboxylic acids is 1. The number of fused-ring (bicyclic) bond motifs is 1. The number of carboxylic acids is 1. The number of aromatic hydroxyl groups is 2. The van der Waals surface area contributed by atoms with Gasteiger partial charge in [-0.15, -0.1) is 0 Å². The second kappa shape index (κ2) is 15.8. The molecule has 0 atom stereocenters. The van der Waals surface area contributed by atoms with E-state index in [2.05, 4.69) is 13.8 Å².